The number of nitrogens with one attached hydrogen (secondary N) is 1. The molecule has 1 amide bonds. The number of ether oxygens (including phenoxy) is 1. The Balaban J connectivity index is 2.60. The average Bonchev–Trinajstić information content (AvgIpc) is 2.32. The quantitative estimate of drug-likeness (QED) is 0.872. The Morgan fingerprint density at radius 2 is 1.89 bits per heavy atom. The zero-order valence-corrected chi connectivity index (χ0v) is 12.5. The van der Waals surface area contributed by atoms with Gasteiger partial charge in [0, 0.05) is 5.02 Å². The van der Waals surface area contributed by atoms with E-state index in [1.807, 2.05) is 13.8 Å². The van der Waals surface area contributed by atoms with Gasteiger partial charge in [-0.25, -0.2) is 0 Å². The van der Waals surface area contributed by atoms with Crippen LogP contribution in [0, 0.1) is 13.8 Å². The van der Waals surface area contributed by atoms with E-state index in [0.29, 0.717) is 10.8 Å². The summed E-state index contributed by atoms with van der Waals surface area (Å²) in [5.41, 5.74) is 1.17. The zero-order chi connectivity index (χ0) is 14.6. The maximum atomic E-state index is 11.7. The molecule has 0 heterocycles. The molecule has 0 radical (unpaired) electrons. The molecule has 0 unspecified atom stereocenters. The molecule has 4 nitrogen and oxygen atoms in total. The van der Waals surface area contributed by atoms with Crippen molar-refractivity contribution < 1.29 is 14.6 Å². The molecule has 0 saturated heterocycles. The Bertz CT molecular complexity index is 449. The van der Waals surface area contributed by atoms with Gasteiger partial charge in [-0.1, -0.05) is 11.6 Å². The van der Waals surface area contributed by atoms with Gasteiger partial charge >= 0.3 is 0 Å². The van der Waals surface area contributed by atoms with Gasteiger partial charge in [-0.15, -0.1) is 0 Å². The Hall–Kier alpha value is -1.26. The first-order valence-corrected chi connectivity index (χ1v) is 6.44. The number of aliphatic hydroxyl groups is 1. The van der Waals surface area contributed by atoms with Crippen LogP contribution in [-0.4, -0.2) is 29.8 Å². The minimum absolute atomic E-state index is 0.0933. The summed E-state index contributed by atoms with van der Waals surface area (Å²) in [6.45, 7) is 7.03. The van der Waals surface area contributed by atoms with Gasteiger partial charge in [-0.3, -0.25) is 4.79 Å². The molecular formula is C14H20ClNO3. The predicted octanol–water partition coefficient (Wildman–Crippen LogP) is 2.22. The fraction of sp³-hybridized carbons (Fsp3) is 0.500. The maximum Gasteiger partial charge on any atom is 0.258 e. The van der Waals surface area contributed by atoms with Crippen LogP contribution in [0.25, 0.3) is 0 Å². The molecular weight excluding hydrogens is 266 g/mol. The second-order valence-electron chi connectivity index (χ2n) is 5.25. The summed E-state index contributed by atoms with van der Waals surface area (Å²) in [7, 11) is 0. The molecule has 0 fully saturated rings. The topological polar surface area (TPSA) is 58.6 Å². The Morgan fingerprint density at radius 3 is 2.37 bits per heavy atom. The molecule has 2 N–H and O–H groups in total. The summed E-state index contributed by atoms with van der Waals surface area (Å²) in [6.07, 6.45) is 0. The van der Waals surface area contributed by atoms with Crippen LogP contribution in [0.1, 0.15) is 25.0 Å². The lowest BCUT2D eigenvalue weighted by molar-refractivity contribution is -0.125. The number of hydrogen-bond donors (Lipinski definition) is 2. The number of hydrogen-bond acceptors (Lipinski definition) is 3. The van der Waals surface area contributed by atoms with E-state index in [1.54, 1.807) is 26.0 Å². The van der Waals surface area contributed by atoms with E-state index in [4.69, 9.17) is 21.4 Å². The van der Waals surface area contributed by atoms with Crippen LogP contribution in [0.15, 0.2) is 12.1 Å². The number of aliphatic hydroxyl groups excluding tert-OH is 1. The van der Waals surface area contributed by atoms with E-state index < -0.39 is 5.54 Å². The summed E-state index contributed by atoms with van der Waals surface area (Å²) in [4.78, 5) is 11.7. The molecule has 0 aliphatic carbocycles. The molecule has 5 heteroatoms. The molecule has 0 aliphatic rings. The van der Waals surface area contributed by atoms with E-state index in [1.165, 1.54) is 0 Å². The van der Waals surface area contributed by atoms with Gasteiger partial charge < -0.3 is 15.2 Å². The zero-order valence-electron chi connectivity index (χ0n) is 11.7. The highest BCUT2D eigenvalue weighted by molar-refractivity contribution is 6.32. The van der Waals surface area contributed by atoms with E-state index in [-0.39, 0.29) is 19.1 Å². The molecule has 0 bridgehead atoms. The molecule has 0 aliphatic heterocycles. The molecule has 1 aromatic carbocycles. The van der Waals surface area contributed by atoms with Crippen molar-refractivity contribution in [1.29, 1.82) is 0 Å². The Kier molecular flexibility index (Phi) is 5.20. The van der Waals surface area contributed by atoms with Crippen molar-refractivity contribution in [1.82, 2.24) is 5.32 Å². The fourth-order valence-corrected chi connectivity index (χ4v) is 1.70. The minimum Gasteiger partial charge on any atom is -0.484 e. The van der Waals surface area contributed by atoms with Gasteiger partial charge in [0.25, 0.3) is 5.91 Å². The average molecular weight is 286 g/mol. The molecule has 106 valence electrons. The molecule has 0 spiro atoms. The van der Waals surface area contributed by atoms with Gasteiger partial charge in [0.1, 0.15) is 5.75 Å². The number of carbonyl (C=O) groups is 1. The first-order valence-electron chi connectivity index (χ1n) is 6.06. The monoisotopic (exact) mass is 285 g/mol. The lowest BCUT2D eigenvalue weighted by atomic mass is 10.1. The van der Waals surface area contributed by atoms with Gasteiger partial charge in [0.2, 0.25) is 0 Å². The number of aryl methyl sites for hydroxylation is 2. The first kappa shape index (κ1) is 15.8. The SMILES string of the molecule is Cc1cc(OCC(=O)NC(C)(C)CO)cc(C)c1Cl. The number of halogens is 1. The second kappa shape index (κ2) is 6.26. The molecule has 1 aromatic rings. The molecule has 0 saturated carbocycles. The summed E-state index contributed by atoms with van der Waals surface area (Å²) in [5.74, 6) is 0.334. The van der Waals surface area contributed by atoms with E-state index in [9.17, 15) is 4.79 Å². The summed E-state index contributed by atoms with van der Waals surface area (Å²) in [5, 5.41) is 12.4. The predicted molar refractivity (Wildman–Crippen MR) is 75.7 cm³/mol. The normalized spacial score (nSPS) is 11.3. The van der Waals surface area contributed by atoms with Crippen LogP contribution in [0.4, 0.5) is 0 Å². The van der Waals surface area contributed by atoms with E-state index in [2.05, 4.69) is 5.32 Å². The van der Waals surface area contributed by atoms with Crippen molar-refractivity contribution in [3.8, 4) is 5.75 Å². The first-order chi connectivity index (χ1) is 8.75. The highest BCUT2D eigenvalue weighted by atomic mass is 35.5. The van der Waals surface area contributed by atoms with Crippen molar-refractivity contribution in [2.75, 3.05) is 13.2 Å². The second-order valence-corrected chi connectivity index (χ2v) is 5.63. The molecule has 19 heavy (non-hydrogen) atoms. The van der Waals surface area contributed by atoms with E-state index in [0.717, 1.165) is 11.1 Å². The fourth-order valence-electron chi connectivity index (χ4n) is 1.59. The number of rotatable bonds is 5. The Morgan fingerprint density at radius 1 is 1.37 bits per heavy atom. The van der Waals surface area contributed by atoms with Crippen molar-refractivity contribution in [3.05, 3.63) is 28.3 Å². The highest BCUT2D eigenvalue weighted by Gasteiger charge is 2.19. The Labute approximate surface area is 118 Å². The van der Waals surface area contributed by atoms with Crippen molar-refractivity contribution in [2.24, 2.45) is 0 Å². The minimum atomic E-state index is -0.647. The standard InChI is InChI=1S/C14H20ClNO3/c1-9-5-11(6-10(2)13(9)15)19-7-12(18)16-14(3,4)8-17/h5-6,17H,7-8H2,1-4H3,(H,16,18). The van der Waals surface area contributed by atoms with Crippen molar-refractivity contribution in [2.45, 2.75) is 33.2 Å². The van der Waals surface area contributed by atoms with Gasteiger partial charge in [0.15, 0.2) is 6.61 Å². The molecule has 0 aromatic heterocycles. The van der Waals surface area contributed by atoms with Gasteiger partial charge in [-0.05, 0) is 51.0 Å². The van der Waals surface area contributed by atoms with Crippen molar-refractivity contribution >= 4 is 17.5 Å². The van der Waals surface area contributed by atoms with Gasteiger partial charge in [-0.2, -0.15) is 0 Å². The third-order valence-corrected chi connectivity index (χ3v) is 3.25. The third-order valence-electron chi connectivity index (χ3n) is 2.65. The number of carbonyl (C=O) groups excluding carboxylic acids is 1. The number of amides is 1. The van der Waals surface area contributed by atoms with Gasteiger partial charge in [0.05, 0.1) is 12.1 Å². The number of benzene rings is 1. The van der Waals surface area contributed by atoms with Crippen LogP contribution in [0.2, 0.25) is 5.02 Å². The summed E-state index contributed by atoms with van der Waals surface area (Å²) < 4.78 is 5.42. The molecule has 1 rings (SSSR count). The smallest absolute Gasteiger partial charge is 0.258 e. The largest absolute Gasteiger partial charge is 0.484 e. The van der Waals surface area contributed by atoms with Crippen LogP contribution in [-0.2, 0) is 4.79 Å². The summed E-state index contributed by atoms with van der Waals surface area (Å²) >= 11 is 6.06. The van der Waals surface area contributed by atoms with Crippen LogP contribution >= 0.6 is 11.6 Å². The maximum absolute atomic E-state index is 11.7. The summed E-state index contributed by atoms with van der Waals surface area (Å²) in [6, 6.07) is 3.58. The third kappa shape index (κ3) is 4.73. The van der Waals surface area contributed by atoms with E-state index >= 15 is 0 Å². The lowest BCUT2D eigenvalue weighted by Gasteiger charge is -2.23. The highest BCUT2D eigenvalue weighted by Crippen LogP contribution is 2.25. The molecule has 0 atom stereocenters. The van der Waals surface area contributed by atoms with Crippen molar-refractivity contribution in [3.63, 3.8) is 0 Å². The lowest BCUT2D eigenvalue weighted by Crippen LogP contribution is -2.48. The van der Waals surface area contributed by atoms with Crippen LogP contribution < -0.4 is 10.1 Å². The van der Waals surface area contributed by atoms with Crippen LogP contribution in [0.3, 0.4) is 0 Å². The van der Waals surface area contributed by atoms with Crippen LogP contribution in [0.5, 0.6) is 5.75 Å².